The lowest BCUT2D eigenvalue weighted by Gasteiger charge is -2.27. The summed E-state index contributed by atoms with van der Waals surface area (Å²) in [5.74, 6) is -0.963. The van der Waals surface area contributed by atoms with Gasteiger partial charge < -0.3 is 15.2 Å². The van der Waals surface area contributed by atoms with Crippen LogP contribution in [0.25, 0.3) is 0 Å². The molecule has 2 rings (SSSR count). The first-order valence-electron chi connectivity index (χ1n) is 6.33. The van der Waals surface area contributed by atoms with Crippen LogP contribution in [0.4, 0.5) is 11.4 Å². The Balaban J connectivity index is 2.26. The Morgan fingerprint density at radius 1 is 1.60 bits per heavy atom. The summed E-state index contributed by atoms with van der Waals surface area (Å²) >= 11 is 0. The van der Waals surface area contributed by atoms with Crippen LogP contribution in [0.3, 0.4) is 0 Å². The molecule has 1 aliphatic rings. The van der Waals surface area contributed by atoms with Crippen LogP contribution >= 0.6 is 0 Å². The Bertz CT molecular complexity index is 540. The standard InChI is InChI=1S/C13H16N2O5/c1-8-9(6-12(16)17)2-3-11(15(18)19)13(8)14-7-10-4-5-20-10/h2-3,10,14H,4-7H2,1H3,(H,16,17)/t10-/m0/s1. The van der Waals surface area contributed by atoms with Crippen molar-refractivity contribution in [3.8, 4) is 0 Å². The first-order valence-corrected chi connectivity index (χ1v) is 6.33. The Morgan fingerprint density at radius 3 is 2.80 bits per heavy atom. The number of nitrogens with zero attached hydrogens (tertiary/aromatic N) is 1. The normalized spacial score (nSPS) is 17.4. The van der Waals surface area contributed by atoms with Crippen LogP contribution < -0.4 is 5.32 Å². The van der Waals surface area contributed by atoms with Crippen molar-refractivity contribution in [3.63, 3.8) is 0 Å². The lowest BCUT2D eigenvalue weighted by molar-refractivity contribution is -0.384. The number of aliphatic carboxylic acids is 1. The Hall–Kier alpha value is -2.15. The number of carbonyl (C=O) groups is 1. The van der Waals surface area contributed by atoms with Crippen LogP contribution in [0, 0.1) is 17.0 Å². The first kappa shape index (κ1) is 14.3. The van der Waals surface area contributed by atoms with Gasteiger partial charge >= 0.3 is 5.97 Å². The van der Waals surface area contributed by atoms with Gasteiger partial charge in [0, 0.05) is 19.2 Å². The van der Waals surface area contributed by atoms with Crippen molar-refractivity contribution in [2.45, 2.75) is 25.9 Å². The van der Waals surface area contributed by atoms with Crippen molar-refractivity contribution in [3.05, 3.63) is 33.4 Å². The number of nitro groups is 1. The van der Waals surface area contributed by atoms with Crippen LogP contribution in [0.5, 0.6) is 0 Å². The quantitative estimate of drug-likeness (QED) is 0.607. The number of hydrogen-bond donors (Lipinski definition) is 2. The maximum atomic E-state index is 11.1. The van der Waals surface area contributed by atoms with Gasteiger partial charge in [0.25, 0.3) is 5.69 Å². The van der Waals surface area contributed by atoms with E-state index >= 15 is 0 Å². The van der Waals surface area contributed by atoms with Gasteiger partial charge in [-0.3, -0.25) is 14.9 Å². The number of ether oxygens (including phenoxy) is 1. The zero-order valence-electron chi connectivity index (χ0n) is 11.1. The van der Waals surface area contributed by atoms with E-state index in [1.165, 1.54) is 12.1 Å². The Kier molecular flexibility index (Phi) is 4.19. The summed E-state index contributed by atoms with van der Waals surface area (Å²) < 4.78 is 5.26. The second-order valence-electron chi connectivity index (χ2n) is 4.73. The predicted molar refractivity (Wildman–Crippen MR) is 72.0 cm³/mol. The average molecular weight is 280 g/mol. The molecule has 0 amide bonds. The van der Waals surface area contributed by atoms with E-state index in [-0.39, 0.29) is 18.2 Å². The lowest BCUT2D eigenvalue weighted by Crippen LogP contribution is -2.33. The minimum atomic E-state index is -0.963. The molecule has 2 N–H and O–H groups in total. The van der Waals surface area contributed by atoms with Gasteiger partial charge in [0.05, 0.1) is 17.4 Å². The van der Waals surface area contributed by atoms with Gasteiger partial charge in [-0.25, -0.2) is 0 Å². The van der Waals surface area contributed by atoms with Gasteiger partial charge in [-0.05, 0) is 24.5 Å². The van der Waals surface area contributed by atoms with Crippen molar-refractivity contribution in [2.24, 2.45) is 0 Å². The topological polar surface area (TPSA) is 102 Å². The SMILES string of the molecule is Cc1c(CC(=O)O)ccc([N+](=O)[O-])c1NC[C@@H]1CCO1. The van der Waals surface area contributed by atoms with Crippen molar-refractivity contribution < 1.29 is 19.6 Å². The fourth-order valence-electron chi connectivity index (χ4n) is 2.13. The number of hydrogen-bond acceptors (Lipinski definition) is 5. The molecule has 1 aromatic rings. The fourth-order valence-corrected chi connectivity index (χ4v) is 2.13. The van der Waals surface area contributed by atoms with E-state index in [4.69, 9.17) is 9.84 Å². The molecule has 7 nitrogen and oxygen atoms in total. The summed E-state index contributed by atoms with van der Waals surface area (Å²) in [5, 5.41) is 22.9. The molecule has 0 saturated carbocycles. The number of rotatable bonds is 6. The zero-order chi connectivity index (χ0) is 14.7. The number of nitro benzene ring substituents is 1. The monoisotopic (exact) mass is 280 g/mol. The van der Waals surface area contributed by atoms with E-state index in [1.807, 2.05) is 0 Å². The molecule has 0 unspecified atom stereocenters. The van der Waals surface area contributed by atoms with Crippen LogP contribution in [-0.2, 0) is 16.0 Å². The van der Waals surface area contributed by atoms with Gasteiger partial charge in [0.15, 0.2) is 0 Å². The maximum Gasteiger partial charge on any atom is 0.307 e. The minimum Gasteiger partial charge on any atom is -0.481 e. The molecule has 0 bridgehead atoms. The third kappa shape index (κ3) is 3.05. The third-order valence-electron chi connectivity index (χ3n) is 3.39. The van der Waals surface area contributed by atoms with Crippen molar-refractivity contribution in [1.29, 1.82) is 0 Å². The van der Waals surface area contributed by atoms with E-state index in [0.29, 0.717) is 30.0 Å². The van der Waals surface area contributed by atoms with Gasteiger partial charge in [-0.2, -0.15) is 0 Å². The molecule has 1 aliphatic heterocycles. The molecule has 1 saturated heterocycles. The smallest absolute Gasteiger partial charge is 0.307 e. The predicted octanol–water partition coefficient (Wildman–Crippen LogP) is 1.73. The Morgan fingerprint density at radius 2 is 2.30 bits per heavy atom. The van der Waals surface area contributed by atoms with Gasteiger partial charge in [-0.1, -0.05) is 6.07 Å². The molecule has 0 aromatic heterocycles. The highest BCUT2D eigenvalue weighted by atomic mass is 16.6. The molecule has 20 heavy (non-hydrogen) atoms. The molecule has 0 spiro atoms. The Labute approximate surface area is 115 Å². The maximum absolute atomic E-state index is 11.1. The summed E-state index contributed by atoms with van der Waals surface area (Å²) in [5.41, 5.74) is 1.50. The third-order valence-corrected chi connectivity index (χ3v) is 3.39. The molecule has 0 aliphatic carbocycles. The molecule has 108 valence electrons. The highest BCUT2D eigenvalue weighted by Crippen LogP contribution is 2.31. The van der Waals surface area contributed by atoms with Gasteiger partial charge in [0.1, 0.15) is 5.69 Å². The summed E-state index contributed by atoms with van der Waals surface area (Å²) in [6.07, 6.45) is 0.838. The molecular weight excluding hydrogens is 264 g/mol. The molecule has 1 heterocycles. The first-order chi connectivity index (χ1) is 9.49. The number of benzene rings is 1. The highest BCUT2D eigenvalue weighted by Gasteiger charge is 2.22. The van der Waals surface area contributed by atoms with Crippen molar-refractivity contribution >= 4 is 17.3 Å². The highest BCUT2D eigenvalue weighted by molar-refractivity contribution is 5.75. The van der Waals surface area contributed by atoms with Crippen LogP contribution in [-0.4, -0.2) is 35.3 Å². The van der Waals surface area contributed by atoms with E-state index < -0.39 is 10.9 Å². The number of carboxylic acids is 1. The number of carboxylic acid groups (broad SMARTS) is 1. The molecular formula is C13H16N2O5. The van der Waals surface area contributed by atoms with Crippen LogP contribution in [0.15, 0.2) is 12.1 Å². The molecule has 1 fully saturated rings. The fraction of sp³-hybridized carbons (Fsp3) is 0.462. The van der Waals surface area contributed by atoms with E-state index in [2.05, 4.69) is 5.32 Å². The minimum absolute atomic E-state index is 0.0454. The van der Waals surface area contributed by atoms with Crippen molar-refractivity contribution in [1.82, 2.24) is 0 Å². The molecule has 1 atom stereocenters. The molecule has 0 radical (unpaired) electrons. The van der Waals surface area contributed by atoms with Crippen LogP contribution in [0.2, 0.25) is 0 Å². The average Bonchev–Trinajstić information content (AvgIpc) is 2.30. The summed E-state index contributed by atoms with van der Waals surface area (Å²) in [4.78, 5) is 21.4. The molecule has 1 aromatic carbocycles. The van der Waals surface area contributed by atoms with Gasteiger partial charge in [0.2, 0.25) is 0 Å². The second-order valence-corrected chi connectivity index (χ2v) is 4.73. The number of nitrogens with one attached hydrogen (secondary N) is 1. The lowest BCUT2D eigenvalue weighted by atomic mass is 10.0. The second kappa shape index (κ2) is 5.87. The van der Waals surface area contributed by atoms with E-state index in [1.54, 1.807) is 6.92 Å². The summed E-state index contributed by atoms with van der Waals surface area (Å²) in [6, 6.07) is 2.84. The summed E-state index contributed by atoms with van der Waals surface area (Å²) in [6.45, 7) is 2.89. The zero-order valence-corrected chi connectivity index (χ0v) is 11.1. The van der Waals surface area contributed by atoms with Crippen LogP contribution in [0.1, 0.15) is 17.5 Å². The van der Waals surface area contributed by atoms with E-state index in [9.17, 15) is 14.9 Å². The largest absolute Gasteiger partial charge is 0.481 e. The number of anilines is 1. The summed E-state index contributed by atoms with van der Waals surface area (Å²) in [7, 11) is 0. The van der Waals surface area contributed by atoms with E-state index in [0.717, 1.165) is 6.42 Å². The van der Waals surface area contributed by atoms with Crippen molar-refractivity contribution in [2.75, 3.05) is 18.5 Å². The molecule has 7 heteroatoms. The van der Waals surface area contributed by atoms with Gasteiger partial charge in [-0.15, -0.1) is 0 Å².